The Kier molecular flexibility index (Phi) is 4.35. The number of anilines is 1. The van der Waals surface area contributed by atoms with E-state index in [1.165, 1.54) is 33.3 Å². The van der Waals surface area contributed by atoms with E-state index in [1.54, 1.807) is 0 Å². The highest BCUT2D eigenvalue weighted by molar-refractivity contribution is 7.80. The molecule has 3 N–H and O–H groups in total. The van der Waals surface area contributed by atoms with Gasteiger partial charge in [-0.25, -0.2) is 0 Å². The Morgan fingerprint density at radius 1 is 1.09 bits per heavy atom. The van der Waals surface area contributed by atoms with Crippen molar-refractivity contribution >= 4 is 33.9 Å². The minimum atomic E-state index is 0.643. The molecule has 0 aliphatic rings. The summed E-state index contributed by atoms with van der Waals surface area (Å²) in [7, 11) is 0. The Morgan fingerprint density at radius 2 is 1.91 bits per heavy atom. The first-order chi connectivity index (χ1) is 11.0. The van der Waals surface area contributed by atoms with Gasteiger partial charge < -0.3 is 15.6 Å². The maximum Gasteiger partial charge on any atom is 0.171 e. The summed E-state index contributed by atoms with van der Waals surface area (Å²) >= 11 is 5.41. The van der Waals surface area contributed by atoms with Gasteiger partial charge in [0.2, 0.25) is 0 Å². The number of nitrogens with one attached hydrogen (secondary N) is 3. The third-order valence-corrected chi connectivity index (χ3v) is 4.37. The predicted molar refractivity (Wildman–Crippen MR) is 102 cm³/mol. The second-order valence-corrected chi connectivity index (χ2v) is 6.34. The molecule has 3 aromatic rings. The van der Waals surface area contributed by atoms with Gasteiger partial charge in [-0.3, -0.25) is 0 Å². The van der Waals surface area contributed by atoms with Crippen molar-refractivity contribution in [2.75, 3.05) is 5.32 Å². The average Bonchev–Trinajstić information content (AvgIpc) is 2.89. The number of benzene rings is 2. The fourth-order valence-corrected chi connectivity index (χ4v) is 2.85. The molecule has 0 saturated carbocycles. The fraction of sp³-hybridized carbons (Fsp3) is 0.211. The minimum Gasteiger partial charge on any atom is -0.359 e. The van der Waals surface area contributed by atoms with Crippen LogP contribution in [0.2, 0.25) is 0 Å². The predicted octanol–water partition coefficient (Wildman–Crippen LogP) is 4.58. The van der Waals surface area contributed by atoms with Gasteiger partial charge in [0.1, 0.15) is 0 Å². The maximum atomic E-state index is 5.41. The third-order valence-electron chi connectivity index (χ3n) is 4.13. The van der Waals surface area contributed by atoms with Gasteiger partial charge in [0, 0.05) is 23.4 Å². The zero-order valence-electron chi connectivity index (χ0n) is 13.7. The normalized spacial score (nSPS) is 10.7. The molecule has 0 aliphatic heterocycles. The molecule has 0 radical (unpaired) electrons. The van der Waals surface area contributed by atoms with Crippen molar-refractivity contribution in [3.8, 4) is 0 Å². The molecule has 0 bridgehead atoms. The Morgan fingerprint density at radius 3 is 2.74 bits per heavy atom. The molecule has 0 atom stereocenters. The molecule has 0 unspecified atom stereocenters. The summed E-state index contributed by atoms with van der Waals surface area (Å²) in [6, 6.07) is 14.8. The van der Waals surface area contributed by atoms with Crippen LogP contribution in [0.25, 0.3) is 10.9 Å². The quantitative estimate of drug-likeness (QED) is 0.618. The zero-order valence-corrected chi connectivity index (χ0v) is 14.5. The van der Waals surface area contributed by atoms with Crippen molar-refractivity contribution in [1.82, 2.24) is 10.3 Å². The average molecular weight is 323 g/mol. The summed E-state index contributed by atoms with van der Waals surface area (Å²) in [5.41, 5.74) is 7.09. The Labute approximate surface area is 142 Å². The molecule has 0 spiro atoms. The van der Waals surface area contributed by atoms with E-state index in [9.17, 15) is 0 Å². The number of hydrogen-bond donors (Lipinski definition) is 3. The molecule has 0 amide bonds. The van der Waals surface area contributed by atoms with Crippen LogP contribution in [0.15, 0.2) is 42.5 Å². The van der Waals surface area contributed by atoms with Gasteiger partial charge in [-0.2, -0.15) is 0 Å². The van der Waals surface area contributed by atoms with Crippen LogP contribution < -0.4 is 10.6 Å². The second kappa shape index (κ2) is 6.42. The van der Waals surface area contributed by atoms with Crippen molar-refractivity contribution in [3.05, 3.63) is 64.8 Å². The van der Waals surface area contributed by atoms with Crippen LogP contribution in [0, 0.1) is 20.8 Å². The Hall–Kier alpha value is -2.33. The van der Waals surface area contributed by atoms with E-state index in [2.05, 4.69) is 66.7 Å². The smallest absolute Gasteiger partial charge is 0.171 e. The largest absolute Gasteiger partial charge is 0.359 e. The number of aromatic amines is 1. The Balaban J connectivity index is 1.64. The summed E-state index contributed by atoms with van der Waals surface area (Å²) in [5, 5.41) is 8.43. The van der Waals surface area contributed by atoms with E-state index in [1.807, 2.05) is 12.1 Å². The van der Waals surface area contributed by atoms with Gasteiger partial charge >= 0.3 is 0 Å². The fourth-order valence-electron chi connectivity index (χ4n) is 2.67. The van der Waals surface area contributed by atoms with Gasteiger partial charge in [0.15, 0.2) is 5.11 Å². The zero-order chi connectivity index (χ0) is 16.4. The van der Waals surface area contributed by atoms with E-state index >= 15 is 0 Å². The molecule has 4 heteroatoms. The van der Waals surface area contributed by atoms with Crippen LogP contribution >= 0.6 is 12.2 Å². The lowest BCUT2D eigenvalue weighted by molar-refractivity contribution is 0.927. The van der Waals surface area contributed by atoms with Crippen LogP contribution in [-0.2, 0) is 6.54 Å². The van der Waals surface area contributed by atoms with E-state index in [0.29, 0.717) is 11.7 Å². The number of H-pyrrole nitrogens is 1. The molecule has 2 aromatic carbocycles. The molecule has 0 aliphatic carbocycles. The molecular weight excluding hydrogens is 302 g/mol. The first-order valence-corrected chi connectivity index (χ1v) is 8.13. The first kappa shape index (κ1) is 15.6. The van der Waals surface area contributed by atoms with Crippen LogP contribution in [0.3, 0.4) is 0 Å². The number of aryl methyl sites for hydroxylation is 2. The van der Waals surface area contributed by atoms with E-state index in [-0.39, 0.29) is 0 Å². The number of thiocarbonyl (C=S) groups is 1. The van der Waals surface area contributed by atoms with Crippen molar-refractivity contribution in [3.63, 3.8) is 0 Å². The minimum absolute atomic E-state index is 0.643. The molecule has 0 saturated heterocycles. The topological polar surface area (TPSA) is 39.8 Å². The van der Waals surface area contributed by atoms with Crippen molar-refractivity contribution in [1.29, 1.82) is 0 Å². The monoisotopic (exact) mass is 323 g/mol. The van der Waals surface area contributed by atoms with E-state index in [0.717, 1.165) is 5.69 Å². The van der Waals surface area contributed by atoms with Crippen molar-refractivity contribution in [2.45, 2.75) is 27.3 Å². The van der Waals surface area contributed by atoms with Gasteiger partial charge in [0.25, 0.3) is 0 Å². The second-order valence-electron chi connectivity index (χ2n) is 5.93. The van der Waals surface area contributed by atoms with Crippen molar-refractivity contribution < 1.29 is 0 Å². The highest BCUT2D eigenvalue weighted by Crippen LogP contribution is 2.18. The standard InChI is InChI=1S/C19H21N3S/c1-12-5-4-6-17(14(12)3)22-19(23)20-11-15-7-8-18-16(10-15)9-13(2)21-18/h4-10,21H,11H2,1-3H3,(H2,20,22,23). The number of rotatable bonds is 3. The van der Waals surface area contributed by atoms with E-state index in [4.69, 9.17) is 12.2 Å². The van der Waals surface area contributed by atoms with Crippen molar-refractivity contribution in [2.24, 2.45) is 0 Å². The van der Waals surface area contributed by atoms with Crippen LogP contribution in [0.4, 0.5) is 5.69 Å². The van der Waals surface area contributed by atoms with Crippen LogP contribution in [0.1, 0.15) is 22.4 Å². The summed E-state index contributed by atoms with van der Waals surface area (Å²) in [4.78, 5) is 3.34. The molecule has 23 heavy (non-hydrogen) atoms. The number of hydrogen-bond acceptors (Lipinski definition) is 1. The SMILES string of the molecule is Cc1cc2cc(CNC(=S)Nc3cccc(C)c3C)ccc2[nH]1. The highest BCUT2D eigenvalue weighted by atomic mass is 32.1. The maximum absolute atomic E-state index is 5.41. The first-order valence-electron chi connectivity index (χ1n) is 7.72. The number of fused-ring (bicyclic) bond motifs is 1. The van der Waals surface area contributed by atoms with Gasteiger partial charge in [-0.1, -0.05) is 18.2 Å². The summed E-state index contributed by atoms with van der Waals surface area (Å²) in [5.74, 6) is 0. The molecule has 3 rings (SSSR count). The van der Waals surface area contributed by atoms with Crippen LogP contribution in [-0.4, -0.2) is 10.1 Å². The third kappa shape index (κ3) is 3.54. The van der Waals surface area contributed by atoms with Gasteiger partial charge in [-0.05, 0) is 79.3 Å². The molecule has 118 valence electrons. The van der Waals surface area contributed by atoms with Gasteiger partial charge in [0.05, 0.1) is 0 Å². The van der Waals surface area contributed by atoms with E-state index < -0.39 is 0 Å². The molecule has 3 nitrogen and oxygen atoms in total. The highest BCUT2D eigenvalue weighted by Gasteiger charge is 2.04. The molecule has 1 aromatic heterocycles. The summed E-state index contributed by atoms with van der Waals surface area (Å²) in [6.07, 6.45) is 0. The lowest BCUT2D eigenvalue weighted by atomic mass is 10.1. The number of aromatic nitrogens is 1. The molecule has 1 heterocycles. The summed E-state index contributed by atoms with van der Waals surface area (Å²) < 4.78 is 0. The summed E-state index contributed by atoms with van der Waals surface area (Å²) in [6.45, 7) is 6.98. The molecular formula is C19H21N3S. The Bertz CT molecular complexity index is 864. The van der Waals surface area contributed by atoms with Gasteiger partial charge in [-0.15, -0.1) is 0 Å². The molecule has 0 fully saturated rings. The van der Waals surface area contributed by atoms with Crippen LogP contribution in [0.5, 0.6) is 0 Å². The lowest BCUT2D eigenvalue weighted by Gasteiger charge is -2.14. The lowest BCUT2D eigenvalue weighted by Crippen LogP contribution is -2.28.